The topological polar surface area (TPSA) is 33.0 Å². The number of nitriles is 1. The highest BCUT2D eigenvalue weighted by Crippen LogP contribution is 2.29. The molecule has 5 heteroatoms. The SMILES string of the molecule is N#CCCCOc1c(F)cc(F)cc1Br. The molecule has 0 saturated heterocycles. The van der Waals surface area contributed by atoms with Crippen molar-refractivity contribution < 1.29 is 13.5 Å². The van der Waals surface area contributed by atoms with Gasteiger partial charge in [-0.2, -0.15) is 5.26 Å². The Labute approximate surface area is 94.6 Å². The Morgan fingerprint density at radius 2 is 2.13 bits per heavy atom. The molecule has 0 atom stereocenters. The van der Waals surface area contributed by atoms with Crippen molar-refractivity contribution >= 4 is 15.9 Å². The lowest BCUT2D eigenvalue weighted by atomic mass is 10.3. The molecular weight excluding hydrogens is 268 g/mol. The van der Waals surface area contributed by atoms with Crippen LogP contribution in [0.1, 0.15) is 12.8 Å². The van der Waals surface area contributed by atoms with Crippen molar-refractivity contribution in [2.45, 2.75) is 12.8 Å². The summed E-state index contributed by atoms with van der Waals surface area (Å²) in [5, 5.41) is 8.27. The first-order valence-corrected chi connectivity index (χ1v) is 5.08. The number of nitrogens with zero attached hydrogens (tertiary/aromatic N) is 1. The predicted molar refractivity (Wildman–Crippen MR) is 54.4 cm³/mol. The van der Waals surface area contributed by atoms with E-state index in [1.807, 2.05) is 6.07 Å². The zero-order valence-corrected chi connectivity index (χ0v) is 9.35. The number of halogens is 3. The van der Waals surface area contributed by atoms with Crippen molar-refractivity contribution in [2.24, 2.45) is 0 Å². The zero-order chi connectivity index (χ0) is 11.3. The maximum Gasteiger partial charge on any atom is 0.169 e. The monoisotopic (exact) mass is 275 g/mol. The summed E-state index contributed by atoms with van der Waals surface area (Å²) in [5.41, 5.74) is 0. The second kappa shape index (κ2) is 5.66. The Morgan fingerprint density at radius 3 is 2.73 bits per heavy atom. The van der Waals surface area contributed by atoms with Crippen LogP contribution in [0.2, 0.25) is 0 Å². The lowest BCUT2D eigenvalue weighted by Gasteiger charge is -2.08. The first kappa shape index (κ1) is 11.9. The van der Waals surface area contributed by atoms with E-state index in [0.717, 1.165) is 12.1 Å². The van der Waals surface area contributed by atoms with Crippen LogP contribution in [0.5, 0.6) is 5.75 Å². The fourth-order valence-corrected chi connectivity index (χ4v) is 1.51. The predicted octanol–water partition coefficient (Wildman–Crippen LogP) is 3.41. The van der Waals surface area contributed by atoms with Gasteiger partial charge in [-0.3, -0.25) is 0 Å². The summed E-state index contributed by atoms with van der Waals surface area (Å²) in [7, 11) is 0. The van der Waals surface area contributed by atoms with Gasteiger partial charge in [-0.25, -0.2) is 8.78 Å². The van der Waals surface area contributed by atoms with Crippen LogP contribution < -0.4 is 4.74 Å². The van der Waals surface area contributed by atoms with Gasteiger partial charge in [0, 0.05) is 12.5 Å². The molecule has 0 N–H and O–H groups in total. The molecular formula is C10H8BrF2NO. The number of ether oxygens (including phenoxy) is 1. The molecule has 0 saturated carbocycles. The van der Waals surface area contributed by atoms with Crippen molar-refractivity contribution in [3.8, 4) is 11.8 Å². The number of rotatable bonds is 4. The molecule has 0 aliphatic carbocycles. The average Bonchev–Trinajstić information content (AvgIpc) is 2.15. The fraction of sp³-hybridized carbons (Fsp3) is 0.300. The van der Waals surface area contributed by atoms with Gasteiger partial charge in [-0.15, -0.1) is 0 Å². The molecule has 0 unspecified atom stereocenters. The molecule has 1 aromatic rings. The second-order valence-electron chi connectivity index (χ2n) is 2.81. The lowest BCUT2D eigenvalue weighted by molar-refractivity contribution is 0.294. The third kappa shape index (κ3) is 3.48. The van der Waals surface area contributed by atoms with Gasteiger partial charge >= 0.3 is 0 Å². The Morgan fingerprint density at radius 1 is 1.40 bits per heavy atom. The summed E-state index contributed by atoms with van der Waals surface area (Å²) in [4.78, 5) is 0. The van der Waals surface area contributed by atoms with Crippen LogP contribution in [-0.4, -0.2) is 6.61 Å². The molecule has 15 heavy (non-hydrogen) atoms. The molecule has 1 rings (SSSR count). The van der Waals surface area contributed by atoms with Crippen LogP contribution in [0.3, 0.4) is 0 Å². The summed E-state index contributed by atoms with van der Waals surface area (Å²) in [5.74, 6) is -1.43. The minimum Gasteiger partial charge on any atom is -0.489 e. The molecule has 0 fully saturated rings. The van der Waals surface area contributed by atoms with E-state index in [1.165, 1.54) is 0 Å². The lowest BCUT2D eigenvalue weighted by Crippen LogP contribution is -2.00. The molecule has 2 nitrogen and oxygen atoms in total. The first-order valence-electron chi connectivity index (χ1n) is 4.29. The highest BCUT2D eigenvalue weighted by molar-refractivity contribution is 9.10. The standard InChI is InChI=1S/C10H8BrF2NO/c11-8-5-7(12)6-9(13)10(8)15-4-2-1-3-14/h5-6H,1-2,4H2. The van der Waals surface area contributed by atoms with Crippen LogP contribution in [0.4, 0.5) is 8.78 Å². The average molecular weight is 276 g/mol. The molecule has 0 spiro atoms. The molecule has 0 radical (unpaired) electrons. The van der Waals surface area contributed by atoms with E-state index >= 15 is 0 Å². The van der Waals surface area contributed by atoms with E-state index in [0.29, 0.717) is 12.8 Å². The summed E-state index contributed by atoms with van der Waals surface area (Å²) in [6.07, 6.45) is 0.861. The largest absolute Gasteiger partial charge is 0.489 e. The normalized spacial score (nSPS) is 9.73. The minimum absolute atomic E-state index is 0.0191. The smallest absolute Gasteiger partial charge is 0.169 e. The van der Waals surface area contributed by atoms with E-state index in [4.69, 9.17) is 10.00 Å². The summed E-state index contributed by atoms with van der Waals surface area (Å²) >= 11 is 3.00. The van der Waals surface area contributed by atoms with Crippen LogP contribution in [0.15, 0.2) is 16.6 Å². The quantitative estimate of drug-likeness (QED) is 0.789. The summed E-state index contributed by atoms with van der Waals surface area (Å²) in [6.45, 7) is 0.231. The van der Waals surface area contributed by atoms with Gasteiger partial charge in [0.05, 0.1) is 17.1 Å². The van der Waals surface area contributed by atoms with Crippen molar-refractivity contribution in [2.75, 3.05) is 6.61 Å². The number of hydrogen-bond acceptors (Lipinski definition) is 2. The Hall–Kier alpha value is -1.15. The summed E-state index contributed by atoms with van der Waals surface area (Å²) in [6, 6.07) is 3.83. The molecule has 0 aliphatic rings. The summed E-state index contributed by atoms with van der Waals surface area (Å²) < 4.78 is 31.2. The van der Waals surface area contributed by atoms with Crippen molar-refractivity contribution in [1.82, 2.24) is 0 Å². The Kier molecular flexibility index (Phi) is 4.50. The van der Waals surface area contributed by atoms with E-state index < -0.39 is 11.6 Å². The molecule has 0 aliphatic heterocycles. The Balaban J connectivity index is 2.65. The third-order valence-corrected chi connectivity index (χ3v) is 2.23. The van der Waals surface area contributed by atoms with Gasteiger partial charge in [0.25, 0.3) is 0 Å². The van der Waals surface area contributed by atoms with Gasteiger partial charge < -0.3 is 4.74 Å². The minimum atomic E-state index is -0.751. The fourth-order valence-electron chi connectivity index (χ4n) is 0.992. The van der Waals surface area contributed by atoms with Crippen molar-refractivity contribution in [1.29, 1.82) is 5.26 Å². The van der Waals surface area contributed by atoms with Crippen molar-refractivity contribution in [3.05, 3.63) is 28.2 Å². The highest BCUT2D eigenvalue weighted by atomic mass is 79.9. The molecule has 80 valence electrons. The number of unbranched alkanes of at least 4 members (excludes halogenated alkanes) is 1. The van der Waals surface area contributed by atoms with Crippen LogP contribution in [-0.2, 0) is 0 Å². The van der Waals surface area contributed by atoms with Crippen LogP contribution >= 0.6 is 15.9 Å². The van der Waals surface area contributed by atoms with E-state index in [-0.39, 0.29) is 16.8 Å². The van der Waals surface area contributed by atoms with Crippen molar-refractivity contribution in [3.63, 3.8) is 0 Å². The molecule has 0 heterocycles. The number of benzene rings is 1. The maximum atomic E-state index is 13.2. The van der Waals surface area contributed by atoms with Gasteiger partial charge in [0.2, 0.25) is 0 Å². The van der Waals surface area contributed by atoms with Gasteiger partial charge in [-0.1, -0.05) is 0 Å². The molecule has 0 aromatic heterocycles. The zero-order valence-electron chi connectivity index (χ0n) is 7.77. The van der Waals surface area contributed by atoms with E-state index in [9.17, 15) is 8.78 Å². The third-order valence-electron chi connectivity index (χ3n) is 1.64. The molecule has 1 aromatic carbocycles. The van der Waals surface area contributed by atoms with Crippen LogP contribution in [0.25, 0.3) is 0 Å². The van der Waals surface area contributed by atoms with Crippen LogP contribution in [0, 0.1) is 23.0 Å². The molecule has 0 bridgehead atoms. The number of hydrogen-bond donors (Lipinski definition) is 0. The highest BCUT2D eigenvalue weighted by Gasteiger charge is 2.10. The van der Waals surface area contributed by atoms with Gasteiger partial charge in [-0.05, 0) is 28.4 Å². The van der Waals surface area contributed by atoms with E-state index in [2.05, 4.69) is 15.9 Å². The van der Waals surface area contributed by atoms with Gasteiger partial charge in [0.15, 0.2) is 11.6 Å². The first-order chi connectivity index (χ1) is 7.15. The maximum absolute atomic E-state index is 13.2. The second-order valence-corrected chi connectivity index (χ2v) is 3.66. The van der Waals surface area contributed by atoms with E-state index in [1.54, 1.807) is 0 Å². The van der Waals surface area contributed by atoms with Gasteiger partial charge in [0.1, 0.15) is 5.82 Å². The Bertz CT molecular complexity index is 366. The molecule has 0 amide bonds.